The molecule has 0 aliphatic carbocycles. The minimum Gasteiger partial charge on any atom is -0.478 e. The van der Waals surface area contributed by atoms with Crippen molar-refractivity contribution in [1.29, 1.82) is 0 Å². The van der Waals surface area contributed by atoms with Crippen LogP contribution in [0.4, 0.5) is 17.6 Å². The molecule has 0 radical (unpaired) electrons. The number of alkyl halides is 3. The van der Waals surface area contributed by atoms with Crippen molar-refractivity contribution in [1.82, 2.24) is 4.90 Å². The van der Waals surface area contributed by atoms with Crippen LogP contribution in [0.3, 0.4) is 0 Å². The van der Waals surface area contributed by atoms with Gasteiger partial charge in [-0.3, -0.25) is 4.90 Å². The molecule has 0 aliphatic rings. The third-order valence-electron chi connectivity index (χ3n) is 2.40. The molecule has 0 amide bonds. The van der Waals surface area contributed by atoms with E-state index in [1.54, 1.807) is 0 Å². The molecule has 0 aromatic heterocycles. The van der Waals surface area contributed by atoms with Gasteiger partial charge in [0.1, 0.15) is 5.82 Å². The molecule has 1 aromatic rings. The van der Waals surface area contributed by atoms with Gasteiger partial charge in [0.25, 0.3) is 0 Å². The molecule has 0 bridgehead atoms. The Morgan fingerprint density at radius 2 is 2.05 bits per heavy atom. The monoisotopic (exact) mass is 291 g/mol. The third-order valence-corrected chi connectivity index (χ3v) is 2.40. The summed E-state index contributed by atoms with van der Waals surface area (Å²) < 4.78 is 49.8. The van der Waals surface area contributed by atoms with E-state index in [1.807, 2.05) is 0 Å². The minimum absolute atomic E-state index is 0.0704. The third kappa shape index (κ3) is 5.83. The highest BCUT2D eigenvalue weighted by atomic mass is 19.4. The van der Waals surface area contributed by atoms with Gasteiger partial charge in [-0.25, -0.2) is 9.18 Å². The highest BCUT2D eigenvalue weighted by molar-refractivity contribution is 5.85. The Labute approximate surface area is 113 Å². The van der Waals surface area contributed by atoms with Crippen LogP contribution in [0.1, 0.15) is 11.1 Å². The van der Waals surface area contributed by atoms with Crippen molar-refractivity contribution in [2.24, 2.45) is 0 Å². The zero-order chi connectivity index (χ0) is 15.3. The lowest BCUT2D eigenvalue weighted by molar-refractivity contribution is -0.144. The molecule has 0 saturated carbocycles. The average molecular weight is 291 g/mol. The second-order valence-electron chi connectivity index (χ2n) is 4.30. The topological polar surface area (TPSA) is 40.5 Å². The molecule has 0 heterocycles. The summed E-state index contributed by atoms with van der Waals surface area (Å²) in [5.41, 5.74) is 0.650. The van der Waals surface area contributed by atoms with Crippen LogP contribution in [-0.2, 0) is 11.3 Å². The number of halogens is 4. The zero-order valence-corrected chi connectivity index (χ0v) is 10.6. The highest BCUT2D eigenvalue weighted by Gasteiger charge is 2.29. The second-order valence-corrected chi connectivity index (χ2v) is 4.30. The number of benzene rings is 1. The molecule has 0 atom stereocenters. The van der Waals surface area contributed by atoms with Crippen LogP contribution in [0.2, 0.25) is 0 Å². The number of hydrogen-bond acceptors (Lipinski definition) is 2. The quantitative estimate of drug-likeness (QED) is 0.670. The molecule has 0 aliphatic heterocycles. The first-order valence-electron chi connectivity index (χ1n) is 5.62. The van der Waals surface area contributed by atoms with Crippen molar-refractivity contribution in [3.63, 3.8) is 0 Å². The van der Waals surface area contributed by atoms with Gasteiger partial charge in [0, 0.05) is 12.6 Å². The van der Waals surface area contributed by atoms with Gasteiger partial charge in [-0.1, -0.05) is 6.07 Å². The summed E-state index contributed by atoms with van der Waals surface area (Å²) in [5.74, 6) is -1.80. The number of carbonyl (C=O) groups is 1. The Balaban J connectivity index is 2.91. The molecule has 7 heteroatoms. The largest absolute Gasteiger partial charge is 0.478 e. The van der Waals surface area contributed by atoms with E-state index in [1.165, 1.54) is 13.1 Å². The van der Waals surface area contributed by atoms with Gasteiger partial charge < -0.3 is 5.11 Å². The van der Waals surface area contributed by atoms with Crippen LogP contribution in [0, 0.1) is 5.82 Å². The summed E-state index contributed by atoms with van der Waals surface area (Å²) in [6, 6.07) is 3.54. The van der Waals surface area contributed by atoms with Crippen LogP contribution >= 0.6 is 0 Å². The number of aliphatic carboxylic acids is 1. The number of carboxylic acid groups (broad SMARTS) is 1. The first-order chi connectivity index (χ1) is 9.17. The normalized spacial score (nSPS) is 12.3. The van der Waals surface area contributed by atoms with E-state index in [-0.39, 0.29) is 12.1 Å². The van der Waals surface area contributed by atoms with E-state index in [4.69, 9.17) is 5.11 Å². The lowest BCUT2D eigenvalue weighted by Gasteiger charge is -2.19. The van der Waals surface area contributed by atoms with E-state index in [9.17, 15) is 22.4 Å². The van der Waals surface area contributed by atoms with E-state index in [0.717, 1.165) is 29.2 Å². The standard InChI is InChI=1S/C13H13F4NO2/c1-18(8-13(15,16)17)7-10-2-4-11(14)6-9(10)3-5-12(19)20/h2-6H,7-8H2,1H3,(H,19,20). The maximum Gasteiger partial charge on any atom is 0.401 e. The van der Waals surface area contributed by atoms with Crippen molar-refractivity contribution in [3.05, 3.63) is 41.2 Å². The van der Waals surface area contributed by atoms with E-state index >= 15 is 0 Å². The molecule has 20 heavy (non-hydrogen) atoms. The Bertz CT molecular complexity index is 512. The van der Waals surface area contributed by atoms with Crippen molar-refractivity contribution < 1.29 is 27.5 Å². The molecule has 110 valence electrons. The van der Waals surface area contributed by atoms with Crippen molar-refractivity contribution in [2.75, 3.05) is 13.6 Å². The molecular weight excluding hydrogens is 278 g/mol. The van der Waals surface area contributed by atoms with E-state index < -0.39 is 24.5 Å². The average Bonchev–Trinajstić information content (AvgIpc) is 2.26. The summed E-state index contributed by atoms with van der Waals surface area (Å²) in [6.07, 6.45) is -2.37. The van der Waals surface area contributed by atoms with Crippen LogP contribution in [0.5, 0.6) is 0 Å². The molecule has 0 saturated heterocycles. The maximum absolute atomic E-state index is 13.1. The zero-order valence-electron chi connectivity index (χ0n) is 10.6. The first kappa shape index (κ1) is 16.2. The van der Waals surface area contributed by atoms with Gasteiger partial charge in [0.05, 0.1) is 6.54 Å². The lowest BCUT2D eigenvalue weighted by atomic mass is 10.1. The van der Waals surface area contributed by atoms with Gasteiger partial charge in [-0.15, -0.1) is 0 Å². The van der Waals surface area contributed by atoms with E-state index in [0.29, 0.717) is 5.56 Å². The minimum atomic E-state index is -4.33. The summed E-state index contributed by atoms with van der Waals surface area (Å²) in [7, 11) is 1.28. The number of hydrogen-bond donors (Lipinski definition) is 1. The van der Waals surface area contributed by atoms with Crippen LogP contribution in [0.15, 0.2) is 24.3 Å². The van der Waals surface area contributed by atoms with Gasteiger partial charge in [0.2, 0.25) is 0 Å². The highest BCUT2D eigenvalue weighted by Crippen LogP contribution is 2.19. The summed E-state index contributed by atoms with van der Waals surface area (Å²) >= 11 is 0. The predicted octanol–water partition coefficient (Wildman–Crippen LogP) is 2.92. The number of carboxylic acids is 1. The molecule has 1 rings (SSSR count). The summed E-state index contributed by atoms with van der Waals surface area (Å²) in [4.78, 5) is 11.5. The van der Waals surface area contributed by atoms with Gasteiger partial charge in [-0.2, -0.15) is 13.2 Å². The summed E-state index contributed by atoms with van der Waals surface area (Å²) in [5, 5.41) is 8.53. The molecule has 1 aromatic carbocycles. The Morgan fingerprint density at radius 3 is 2.60 bits per heavy atom. The Hall–Kier alpha value is -1.89. The van der Waals surface area contributed by atoms with Crippen molar-refractivity contribution in [3.8, 4) is 0 Å². The fraction of sp³-hybridized carbons (Fsp3) is 0.308. The molecular formula is C13H13F4NO2. The van der Waals surface area contributed by atoms with Crippen molar-refractivity contribution >= 4 is 12.0 Å². The molecule has 1 N–H and O–H groups in total. The molecule has 0 fully saturated rings. The van der Waals surface area contributed by atoms with Crippen LogP contribution in [-0.4, -0.2) is 35.7 Å². The summed E-state index contributed by atoms with van der Waals surface area (Å²) in [6.45, 7) is -1.18. The smallest absolute Gasteiger partial charge is 0.401 e. The van der Waals surface area contributed by atoms with Gasteiger partial charge in [-0.05, 0) is 36.4 Å². The van der Waals surface area contributed by atoms with Gasteiger partial charge in [0.15, 0.2) is 0 Å². The molecule has 0 spiro atoms. The SMILES string of the molecule is CN(Cc1ccc(F)cc1C=CC(=O)O)CC(F)(F)F. The van der Waals surface area contributed by atoms with Gasteiger partial charge >= 0.3 is 12.1 Å². The number of nitrogens with zero attached hydrogens (tertiary/aromatic N) is 1. The fourth-order valence-corrected chi connectivity index (χ4v) is 1.68. The first-order valence-corrected chi connectivity index (χ1v) is 5.62. The van der Waals surface area contributed by atoms with Crippen LogP contribution < -0.4 is 0 Å². The number of rotatable bonds is 5. The van der Waals surface area contributed by atoms with E-state index in [2.05, 4.69) is 0 Å². The predicted molar refractivity (Wildman–Crippen MR) is 65.5 cm³/mol. The Morgan fingerprint density at radius 1 is 1.40 bits per heavy atom. The van der Waals surface area contributed by atoms with Crippen molar-refractivity contribution in [2.45, 2.75) is 12.7 Å². The molecule has 0 unspecified atom stereocenters. The maximum atomic E-state index is 13.1. The van der Waals surface area contributed by atoms with Crippen LogP contribution in [0.25, 0.3) is 6.08 Å². The Kier molecular flexibility index (Phi) is 5.26. The fourth-order valence-electron chi connectivity index (χ4n) is 1.68. The molecule has 3 nitrogen and oxygen atoms in total. The second kappa shape index (κ2) is 6.51. The lowest BCUT2D eigenvalue weighted by Crippen LogP contribution is -2.30.